The molecule has 0 radical (unpaired) electrons. The molecule has 8 aromatic rings. The number of nitrogens with zero attached hydrogens (tertiary/aromatic N) is 1. The number of carboxylic acid groups (broad SMARTS) is 1. The van der Waals surface area contributed by atoms with Gasteiger partial charge in [0.2, 0.25) is 41.4 Å². The van der Waals surface area contributed by atoms with Gasteiger partial charge >= 0.3 is 5.97 Å². The van der Waals surface area contributed by atoms with E-state index < -0.39 is 95.7 Å². The Hall–Kier alpha value is -12.0. The standard InChI is InChI=1S/C67H80N18O12/c68-48(9-5-25-74-66(69)70)58(89)80-56(32-42-35-73-36-78-42)64(95)84-55(30-40-33-76-49-10-3-1-7-46(40)49)63(94)83-53(28-38-15-21-44(87)22-16-38)61(92)82-52(27-37-13-19-43(86)20-14-37)60(91)79-51(12-6-26-75-67(71)72)59(90)81-54(29-39-17-23-45(88)24-18-39)62(93)85-57(65(96)97)31-41-34-77-50-11-4-2-8-47(41)50/h1-4,7-8,10-11,13-24,33-36,48,51-57,76-77,86-88H,5-6,9,12,25-32,68H2,(H,73,78)(H,79,91)(H,80,89)(H,81,90)(H,82,92)(H,83,94)(H,84,95)(H,85,93)(H,96,97)(H4,69,70,74)(H4,71,72,75)/t48-,51-,52-,53-,54-,55-,56-,57-/m0/s1. The zero-order chi connectivity index (χ0) is 69.5. The van der Waals surface area contributed by atoms with E-state index in [1.165, 1.54) is 85.3 Å². The van der Waals surface area contributed by atoms with Crippen molar-refractivity contribution in [3.05, 3.63) is 180 Å². The first kappa shape index (κ1) is 70.9. The van der Waals surface area contributed by atoms with Crippen LogP contribution < -0.4 is 65.1 Å². The molecule has 0 saturated heterocycles. The summed E-state index contributed by atoms with van der Waals surface area (Å²) in [4.78, 5) is 129. The number of amides is 7. The van der Waals surface area contributed by atoms with Crippen LogP contribution in [0.1, 0.15) is 59.2 Å². The smallest absolute Gasteiger partial charge is 0.326 e. The number of H-pyrrole nitrogens is 3. The van der Waals surface area contributed by atoms with Gasteiger partial charge in [-0.25, -0.2) is 9.78 Å². The summed E-state index contributed by atoms with van der Waals surface area (Å²) >= 11 is 0. The van der Waals surface area contributed by atoms with Gasteiger partial charge in [0.05, 0.1) is 18.1 Å². The first-order valence-corrected chi connectivity index (χ1v) is 31.2. The first-order valence-electron chi connectivity index (χ1n) is 31.2. The quantitative estimate of drug-likeness (QED) is 0.0147. The average Bonchev–Trinajstić information content (AvgIpc) is 1.75. The van der Waals surface area contributed by atoms with E-state index in [1.54, 1.807) is 48.8 Å². The SMILES string of the molecule is N=C(N)NCCC[C@H](NC(=O)[C@H](Cc1ccc(O)cc1)NC(=O)[C@H](Cc1ccc(O)cc1)NC(=O)[C@H](Cc1c[nH]c2ccccc12)NC(=O)[C@H](Cc1c[nH]cn1)NC(=O)[C@@H](N)CCCNC(=N)N)C(=O)N[C@@H](Cc1ccc(O)cc1)C(=O)N[C@@H](Cc1c[nH]c2ccccc12)C(=O)O. The Kier molecular flexibility index (Phi) is 25.1. The average molecular weight is 1330 g/mol. The molecule has 30 heteroatoms. The monoisotopic (exact) mass is 1330 g/mol. The number of aliphatic carboxylic acids is 1. The first-order chi connectivity index (χ1) is 46.5. The summed E-state index contributed by atoms with van der Waals surface area (Å²) < 4.78 is 0. The number of carboxylic acids is 1. The molecule has 30 nitrogen and oxygen atoms in total. The third kappa shape index (κ3) is 21.3. The van der Waals surface area contributed by atoms with E-state index >= 15 is 14.4 Å². The third-order valence-corrected chi connectivity index (χ3v) is 16.0. The minimum atomic E-state index is -1.59. The molecule has 3 heterocycles. The fourth-order valence-electron chi connectivity index (χ4n) is 10.9. The Morgan fingerprint density at radius 3 is 1.19 bits per heavy atom. The number of imidazole rings is 1. The molecular formula is C67H80N18O12. The van der Waals surface area contributed by atoms with Gasteiger partial charge in [0.1, 0.15) is 59.5 Å². The molecule has 0 bridgehead atoms. The van der Waals surface area contributed by atoms with Crippen LogP contribution in [0.5, 0.6) is 17.2 Å². The molecule has 0 fully saturated rings. The molecule has 24 N–H and O–H groups in total. The lowest BCUT2D eigenvalue weighted by atomic mass is 9.99. The molecule has 0 saturated carbocycles. The summed E-state index contributed by atoms with van der Waals surface area (Å²) in [5.41, 5.74) is 21.5. The van der Waals surface area contributed by atoms with Gasteiger partial charge in [0, 0.05) is 92.0 Å². The highest BCUT2D eigenvalue weighted by atomic mass is 16.4. The van der Waals surface area contributed by atoms with Crippen LogP contribution >= 0.6 is 0 Å². The van der Waals surface area contributed by atoms with Crippen molar-refractivity contribution in [3.63, 3.8) is 0 Å². The number of phenolic OH excluding ortho intramolecular Hbond substituents is 3. The fraction of sp³-hybridized carbons (Fsp3) is 0.299. The predicted molar refractivity (Wildman–Crippen MR) is 359 cm³/mol. The van der Waals surface area contributed by atoms with E-state index in [-0.39, 0.29) is 100 Å². The Balaban J connectivity index is 1.09. The van der Waals surface area contributed by atoms with Gasteiger partial charge in [-0.3, -0.25) is 44.4 Å². The number of carbonyl (C=O) groups is 8. The van der Waals surface area contributed by atoms with Crippen LogP contribution in [0.4, 0.5) is 0 Å². The van der Waals surface area contributed by atoms with E-state index in [0.29, 0.717) is 50.8 Å². The topological polar surface area (TPSA) is 512 Å². The summed E-state index contributed by atoms with van der Waals surface area (Å²) in [6.07, 6.45) is 5.29. The lowest BCUT2D eigenvalue weighted by Gasteiger charge is -2.28. The Bertz CT molecular complexity index is 4030. The minimum Gasteiger partial charge on any atom is -0.508 e. The van der Waals surface area contributed by atoms with Crippen molar-refractivity contribution in [2.24, 2.45) is 17.2 Å². The van der Waals surface area contributed by atoms with Crippen molar-refractivity contribution >= 4 is 81.0 Å². The normalized spacial score (nSPS) is 13.6. The van der Waals surface area contributed by atoms with Crippen molar-refractivity contribution < 1.29 is 58.8 Å². The van der Waals surface area contributed by atoms with E-state index in [2.05, 4.69) is 67.8 Å². The van der Waals surface area contributed by atoms with E-state index in [9.17, 15) is 44.4 Å². The number of nitrogens with two attached hydrogens (primary N) is 3. The van der Waals surface area contributed by atoms with E-state index in [0.717, 1.165) is 10.9 Å². The second kappa shape index (κ2) is 34.3. The zero-order valence-electron chi connectivity index (χ0n) is 52.7. The van der Waals surface area contributed by atoms with Crippen LogP contribution in [0.25, 0.3) is 21.8 Å². The number of rotatable bonds is 35. The summed E-state index contributed by atoms with van der Waals surface area (Å²) in [5, 5.41) is 82.1. The highest BCUT2D eigenvalue weighted by molar-refractivity contribution is 5.99. The van der Waals surface area contributed by atoms with Crippen LogP contribution in [0.2, 0.25) is 0 Å². The lowest BCUT2D eigenvalue weighted by molar-refractivity contribution is -0.142. The van der Waals surface area contributed by atoms with Gasteiger partial charge in [-0.2, -0.15) is 0 Å². The van der Waals surface area contributed by atoms with Gasteiger partial charge in [0.25, 0.3) is 0 Å². The summed E-state index contributed by atoms with van der Waals surface area (Å²) in [6, 6.07) is 19.9. The van der Waals surface area contributed by atoms with Gasteiger partial charge in [-0.1, -0.05) is 72.8 Å². The molecule has 0 unspecified atom stereocenters. The molecule has 7 amide bonds. The Morgan fingerprint density at radius 1 is 0.433 bits per heavy atom. The van der Waals surface area contributed by atoms with Crippen molar-refractivity contribution in [2.75, 3.05) is 13.1 Å². The third-order valence-electron chi connectivity index (χ3n) is 16.0. The zero-order valence-corrected chi connectivity index (χ0v) is 52.7. The van der Waals surface area contributed by atoms with Crippen LogP contribution in [0, 0.1) is 10.8 Å². The highest BCUT2D eigenvalue weighted by Crippen LogP contribution is 2.23. The molecule has 5 aromatic carbocycles. The van der Waals surface area contributed by atoms with Gasteiger partial charge < -0.3 is 100 Å². The summed E-state index contributed by atoms with van der Waals surface area (Å²) in [5.74, 6) is -8.53. The number of hydrogen-bond donors (Lipinski definition) is 21. The Labute approximate surface area is 556 Å². The molecule has 0 spiro atoms. The molecule has 0 aliphatic rings. The number of benzene rings is 5. The number of aromatic amines is 3. The number of carbonyl (C=O) groups excluding carboxylic acids is 7. The molecule has 0 aliphatic heterocycles. The van der Waals surface area contributed by atoms with Crippen LogP contribution in [0.3, 0.4) is 0 Å². The maximum atomic E-state index is 15.3. The number of fused-ring (bicyclic) bond motifs is 2. The van der Waals surface area contributed by atoms with Crippen LogP contribution in [0.15, 0.2) is 146 Å². The van der Waals surface area contributed by atoms with E-state index in [1.807, 2.05) is 12.1 Å². The summed E-state index contributed by atoms with van der Waals surface area (Å²) in [6.45, 7) is 0.282. The predicted octanol–water partition coefficient (Wildman–Crippen LogP) is 0.577. The fourth-order valence-corrected chi connectivity index (χ4v) is 10.9. The van der Waals surface area contributed by atoms with Crippen molar-refractivity contribution in [1.29, 1.82) is 10.8 Å². The number of nitrogens with one attached hydrogen (secondary N) is 14. The number of hydrogen-bond acceptors (Lipinski definition) is 15. The highest BCUT2D eigenvalue weighted by Gasteiger charge is 2.36. The largest absolute Gasteiger partial charge is 0.508 e. The maximum Gasteiger partial charge on any atom is 0.326 e. The van der Waals surface area contributed by atoms with Crippen molar-refractivity contribution in [3.8, 4) is 17.2 Å². The maximum absolute atomic E-state index is 15.3. The lowest BCUT2D eigenvalue weighted by Crippen LogP contribution is -2.61. The van der Waals surface area contributed by atoms with Gasteiger partial charge in [-0.15, -0.1) is 0 Å². The van der Waals surface area contributed by atoms with Gasteiger partial charge in [-0.05, 0) is 102 Å². The van der Waals surface area contributed by atoms with Gasteiger partial charge in [0.15, 0.2) is 11.9 Å². The molecule has 3 aromatic heterocycles. The molecule has 97 heavy (non-hydrogen) atoms. The molecule has 8 atom stereocenters. The molecule has 0 aliphatic carbocycles. The van der Waals surface area contributed by atoms with E-state index in [4.69, 9.17) is 28.0 Å². The Morgan fingerprint density at radius 2 is 0.784 bits per heavy atom. The number of guanidine groups is 2. The molecule has 510 valence electrons. The number of phenols is 3. The van der Waals surface area contributed by atoms with Crippen LogP contribution in [-0.4, -0.2) is 161 Å². The minimum absolute atomic E-state index is 0.0320. The number of aromatic hydroxyl groups is 3. The van der Waals surface area contributed by atoms with Crippen molar-refractivity contribution in [1.82, 2.24) is 67.8 Å². The molecular weight excluding hydrogens is 1250 g/mol. The number of para-hydroxylation sites is 2. The van der Waals surface area contributed by atoms with Crippen molar-refractivity contribution in [2.45, 2.75) is 113 Å². The van der Waals surface area contributed by atoms with Crippen LogP contribution in [-0.2, 0) is 76.9 Å². The number of aromatic nitrogens is 4. The molecule has 8 rings (SSSR count). The second-order valence-corrected chi connectivity index (χ2v) is 23.3. The summed E-state index contributed by atoms with van der Waals surface area (Å²) in [7, 11) is 0. The second-order valence-electron chi connectivity index (χ2n) is 23.3.